The first-order valence-corrected chi connectivity index (χ1v) is 9.24. The highest BCUT2D eigenvalue weighted by atomic mass is 35.5. The fourth-order valence-corrected chi connectivity index (χ4v) is 2.74. The summed E-state index contributed by atoms with van der Waals surface area (Å²) in [6.45, 7) is 0. The Morgan fingerprint density at radius 2 is 1.29 bits per heavy atom. The second-order valence-electron chi connectivity index (χ2n) is 6.23. The number of nitrogens with zero attached hydrogens (tertiary/aromatic N) is 1. The fourth-order valence-electron chi connectivity index (χ4n) is 2.55. The predicted molar refractivity (Wildman–Crippen MR) is 114 cm³/mol. The number of hydrogen-bond acceptors (Lipinski definition) is 5. The molecule has 0 fully saturated rings. The molecule has 3 rings (SSSR count). The van der Waals surface area contributed by atoms with Crippen LogP contribution in [0.25, 0.3) is 0 Å². The largest absolute Gasteiger partial charge is 0.322 e. The molecule has 0 aliphatic heterocycles. The number of nitro groups is 1. The van der Waals surface area contributed by atoms with Crippen molar-refractivity contribution < 1.29 is 19.3 Å². The molecule has 9 nitrogen and oxygen atoms in total. The number of nitrogens with one attached hydrogen (secondary N) is 3. The number of nitro benzene ring substituents is 1. The van der Waals surface area contributed by atoms with Gasteiger partial charge in [0.25, 0.3) is 23.4 Å². The maximum Gasteiger partial charge on any atom is 0.288 e. The van der Waals surface area contributed by atoms with Crippen LogP contribution in [0.15, 0.2) is 72.8 Å². The van der Waals surface area contributed by atoms with Gasteiger partial charge in [-0.25, -0.2) is 0 Å². The smallest absolute Gasteiger partial charge is 0.288 e. The molecule has 0 atom stereocenters. The van der Waals surface area contributed by atoms with E-state index in [1.165, 1.54) is 24.3 Å². The number of halogens is 1. The van der Waals surface area contributed by atoms with Crippen molar-refractivity contribution in [1.29, 1.82) is 0 Å². The van der Waals surface area contributed by atoms with E-state index in [0.29, 0.717) is 11.3 Å². The first kappa shape index (κ1) is 21.5. The van der Waals surface area contributed by atoms with Gasteiger partial charge in [-0.1, -0.05) is 29.8 Å². The highest BCUT2D eigenvalue weighted by Crippen LogP contribution is 2.24. The Labute approximate surface area is 181 Å². The number of anilines is 1. The minimum atomic E-state index is -0.750. The Morgan fingerprint density at radius 1 is 0.742 bits per heavy atom. The van der Waals surface area contributed by atoms with Crippen molar-refractivity contribution in [3.63, 3.8) is 0 Å². The van der Waals surface area contributed by atoms with Gasteiger partial charge in [0.1, 0.15) is 5.02 Å². The monoisotopic (exact) mass is 438 g/mol. The van der Waals surface area contributed by atoms with E-state index in [2.05, 4.69) is 16.2 Å². The Hall–Kier alpha value is -4.24. The zero-order valence-electron chi connectivity index (χ0n) is 15.8. The van der Waals surface area contributed by atoms with Crippen molar-refractivity contribution in [2.75, 3.05) is 5.32 Å². The van der Waals surface area contributed by atoms with Gasteiger partial charge in [-0.15, -0.1) is 0 Å². The molecule has 31 heavy (non-hydrogen) atoms. The number of rotatable bonds is 5. The van der Waals surface area contributed by atoms with Gasteiger partial charge in [0.05, 0.1) is 4.92 Å². The molecule has 156 valence electrons. The molecule has 0 heterocycles. The van der Waals surface area contributed by atoms with E-state index >= 15 is 0 Å². The van der Waals surface area contributed by atoms with Crippen molar-refractivity contribution in [2.45, 2.75) is 0 Å². The molecule has 0 spiro atoms. The van der Waals surface area contributed by atoms with E-state index in [1.807, 2.05) is 0 Å². The summed E-state index contributed by atoms with van der Waals surface area (Å²) in [5, 5.41) is 13.5. The molecule has 0 bridgehead atoms. The van der Waals surface area contributed by atoms with Crippen molar-refractivity contribution in [2.24, 2.45) is 0 Å². The van der Waals surface area contributed by atoms with E-state index in [-0.39, 0.29) is 22.1 Å². The lowest BCUT2D eigenvalue weighted by Gasteiger charge is -2.09. The van der Waals surface area contributed by atoms with Gasteiger partial charge in [-0.05, 0) is 48.5 Å². The average Bonchev–Trinajstić information content (AvgIpc) is 2.78. The van der Waals surface area contributed by atoms with Gasteiger partial charge >= 0.3 is 0 Å². The third kappa shape index (κ3) is 5.43. The van der Waals surface area contributed by atoms with E-state index in [4.69, 9.17) is 11.6 Å². The summed E-state index contributed by atoms with van der Waals surface area (Å²) >= 11 is 5.71. The summed E-state index contributed by atoms with van der Waals surface area (Å²) in [7, 11) is 0. The minimum Gasteiger partial charge on any atom is -0.322 e. The first-order valence-electron chi connectivity index (χ1n) is 8.86. The summed E-state index contributed by atoms with van der Waals surface area (Å²) in [5.74, 6) is -1.65. The van der Waals surface area contributed by atoms with Crippen molar-refractivity contribution >= 4 is 40.7 Å². The van der Waals surface area contributed by atoms with Crippen LogP contribution in [0.2, 0.25) is 5.02 Å². The number of benzene rings is 3. The third-order valence-corrected chi connectivity index (χ3v) is 4.46. The zero-order valence-corrected chi connectivity index (χ0v) is 16.6. The molecule has 0 radical (unpaired) electrons. The second kappa shape index (κ2) is 9.51. The SMILES string of the molecule is O=C(NNC(=O)c1ccc(Cl)c([N+](=O)[O-])c1)c1ccc(NC(=O)c2ccccc2)cc1. The van der Waals surface area contributed by atoms with Crippen molar-refractivity contribution in [3.05, 3.63) is 105 Å². The number of hydrogen-bond donors (Lipinski definition) is 3. The number of carbonyl (C=O) groups excluding carboxylic acids is 3. The molecule has 3 N–H and O–H groups in total. The summed E-state index contributed by atoms with van der Waals surface area (Å²) < 4.78 is 0. The Morgan fingerprint density at radius 3 is 1.90 bits per heavy atom. The first-order chi connectivity index (χ1) is 14.8. The minimum absolute atomic E-state index is 0.0460. The van der Waals surface area contributed by atoms with E-state index in [1.54, 1.807) is 42.5 Å². The standard InChI is InChI=1S/C21H15ClN4O5/c22-17-11-8-15(12-18(17)26(30)31)21(29)25-24-20(28)14-6-9-16(10-7-14)23-19(27)13-4-2-1-3-5-13/h1-12H,(H,23,27)(H,24,28)(H,25,29). The van der Waals surface area contributed by atoms with Gasteiger partial charge in [-0.2, -0.15) is 0 Å². The lowest BCUT2D eigenvalue weighted by molar-refractivity contribution is -0.384. The third-order valence-electron chi connectivity index (χ3n) is 4.14. The normalized spacial score (nSPS) is 10.1. The van der Waals surface area contributed by atoms with Crippen LogP contribution in [0.4, 0.5) is 11.4 Å². The number of amides is 3. The molecule has 3 aromatic rings. The van der Waals surface area contributed by atoms with Gasteiger partial charge < -0.3 is 5.32 Å². The van der Waals surface area contributed by atoms with Crippen LogP contribution in [0.1, 0.15) is 31.1 Å². The molecular formula is C21H15ClN4O5. The summed E-state index contributed by atoms with van der Waals surface area (Å²) in [5.41, 5.74) is 5.13. The number of carbonyl (C=O) groups is 3. The topological polar surface area (TPSA) is 130 Å². The molecule has 0 unspecified atom stereocenters. The van der Waals surface area contributed by atoms with Gasteiger partial charge in [0, 0.05) is 28.4 Å². The molecule has 3 aromatic carbocycles. The van der Waals surface area contributed by atoms with Crippen LogP contribution in [0, 0.1) is 10.1 Å². The lowest BCUT2D eigenvalue weighted by Crippen LogP contribution is -2.41. The van der Waals surface area contributed by atoms with Crippen molar-refractivity contribution in [1.82, 2.24) is 10.9 Å². The maximum absolute atomic E-state index is 12.2. The van der Waals surface area contributed by atoms with Crippen molar-refractivity contribution in [3.8, 4) is 0 Å². The van der Waals surface area contributed by atoms with Crippen LogP contribution in [-0.4, -0.2) is 22.6 Å². The quantitative estimate of drug-likeness (QED) is 0.414. The lowest BCUT2D eigenvalue weighted by atomic mass is 10.1. The predicted octanol–water partition coefficient (Wildman–Crippen LogP) is 3.58. The van der Waals surface area contributed by atoms with E-state index < -0.39 is 22.4 Å². The zero-order chi connectivity index (χ0) is 22.4. The van der Waals surface area contributed by atoms with Gasteiger partial charge in [-0.3, -0.25) is 35.3 Å². The average molecular weight is 439 g/mol. The van der Waals surface area contributed by atoms with E-state index in [9.17, 15) is 24.5 Å². The molecule has 0 aliphatic carbocycles. The molecule has 3 amide bonds. The van der Waals surface area contributed by atoms with Gasteiger partial charge in [0.15, 0.2) is 0 Å². The summed E-state index contributed by atoms with van der Waals surface area (Å²) in [4.78, 5) is 46.7. The molecule has 0 saturated carbocycles. The van der Waals surface area contributed by atoms with E-state index in [0.717, 1.165) is 6.07 Å². The summed E-state index contributed by atoms with van der Waals surface area (Å²) in [6, 6.07) is 18.2. The molecular weight excluding hydrogens is 424 g/mol. The fraction of sp³-hybridized carbons (Fsp3) is 0. The van der Waals surface area contributed by atoms with Crippen LogP contribution in [0.5, 0.6) is 0 Å². The highest BCUT2D eigenvalue weighted by Gasteiger charge is 2.17. The second-order valence-corrected chi connectivity index (χ2v) is 6.64. The van der Waals surface area contributed by atoms with Crippen LogP contribution >= 0.6 is 11.6 Å². The Bertz CT molecular complexity index is 1150. The molecule has 0 aromatic heterocycles. The van der Waals surface area contributed by atoms with Crippen LogP contribution in [-0.2, 0) is 0 Å². The number of hydrazine groups is 1. The van der Waals surface area contributed by atoms with Crippen LogP contribution in [0.3, 0.4) is 0 Å². The van der Waals surface area contributed by atoms with Crippen LogP contribution < -0.4 is 16.2 Å². The summed E-state index contributed by atoms with van der Waals surface area (Å²) in [6.07, 6.45) is 0. The Kier molecular flexibility index (Phi) is 6.58. The Balaban J connectivity index is 1.58. The molecule has 10 heteroatoms. The van der Waals surface area contributed by atoms with Gasteiger partial charge in [0.2, 0.25) is 0 Å². The molecule has 0 saturated heterocycles. The maximum atomic E-state index is 12.2. The molecule has 0 aliphatic rings. The highest BCUT2D eigenvalue weighted by molar-refractivity contribution is 6.32.